The van der Waals surface area contributed by atoms with Crippen LogP contribution in [-0.4, -0.2) is 43.8 Å². The number of likely N-dealkylation sites (tertiary alicyclic amines) is 1. The minimum absolute atomic E-state index is 0.605. The van der Waals surface area contributed by atoms with E-state index in [1.807, 2.05) is 0 Å². The first-order chi connectivity index (χ1) is 8.35. The third-order valence-corrected chi connectivity index (χ3v) is 4.65. The highest BCUT2D eigenvalue weighted by molar-refractivity contribution is 4.85. The molecule has 2 aliphatic heterocycles. The lowest BCUT2D eigenvalue weighted by atomic mass is 9.87. The predicted octanol–water partition coefficient (Wildman–Crippen LogP) is 1.86. The average Bonchev–Trinajstić information content (AvgIpc) is 2.41. The van der Waals surface area contributed by atoms with Crippen LogP contribution in [0.4, 0.5) is 0 Å². The molecule has 2 aliphatic rings. The van der Waals surface area contributed by atoms with Crippen molar-refractivity contribution < 1.29 is 4.74 Å². The highest BCUT2D eigenvalue weighted by Gasteiger charge is 2.30. The summed E-state index contributed by atoms with van der Waals surface area (Å²) >= 11 is 0. The van der Waals surface area contributed by atoms with Gasteiger partial charge in [0.25, 0.3) is 0 Å². The van der Waals surface area contributed by atoms with Gasteiger partial charge in [-0.2, -0.15) is 0 Å². The van der Waals surface area contributed by atoms with E-state index in [4.69, 9.17) is 10.5 Å². The topological polar surface area (TPSA) is 38.5 Å². The molecule has 0 amide bonds. The molecular formula is C14H28N2O. The van der Waals surface area contributed by atoms with Crippen molar-refractivity contribution in [2.45, 2.75) is 45.1 Å². The molecule has 3 heteroatoms. The smallest absolute Gasteiger partial charge is 0.0469 e. The molecule has 2 N–H and O–H groups in total. The van der Waals surface area contributed by atoms with E-state index in [0.29, 0.717) is 6.04 Å². The molecule has 0 radical (unpaired) electrons. The van der Waals surface area contributed by atoms with E-state index in [1.165, 1.54) is 45.2 Å². The van der Waals surface area contributed by atoms with Gasteiger partial charge in [0.05, 0.1) is 0 Å². The molecule has 17 heavy (non-hydrogen) atoms. The Hall–Kier alpha value is -0.120. The Kier molecular flexibility index (Phi) is 5.26. The van der Waals surface area contributed by atoms with E-state index >= 15 is 0 Å². The number of hydrogen-bond acceptors (Lipinski definition) is 3. The summed E-state index contributed by atoms with van der Waals surface area (Å²) in [4.78, 5) is 2.67. The maximum atomic E-state index is 6.04. The first-order valence-electron chi connectivity index (χ1n) is 7.37. The van der Waals surface area contributed by atoms with Crippen LogP contribution in [-0.2, 0) is 4.74 Å². The number of rotatable bonds is 4. The van der Waals surface area contributed by atoms with Crippen molar-refractivity contribution in [1.82, 2.24) is 4.90 Å². The van der Waals surface area contributed by atoms with Crippen LogP contribution < -0.4 is 5.73 Å². The number of piperidine rings is 1. The summed E-state index contributed by atoms with van der Waals surface area (Å²) in [6, 6.07) is 0.605. The molecule has 100 valence electrons. The maximum absolute atomic E-state index is 6.04. The summed E-state index contributed by atoms with van der Waals surface area (Å²) in [5, 5.41) is 0. The molecule has 3 nitrogen and oxygen atoms in total. The van der Waals surface area contributed by atoms with Gasteiger partial charge >= 0.3 is 0 Å². The molecule has 0 aromatic carbocycles. The Morgan fingerprint density at radius 1 is 1.29 bits per heavy atom. The average molecular weight is 240 g/mol. The Morgan fingerprint density at radius 2 is 2.06 bits per heavy atom. The predicted molar refractivity (Wildman–Crippen MR) is 71.0 cm³/mol. The van der Waals surface area contributed by atoms with Crippen molar-refractivity contribution >= 4 is 0 Å². The molecule has 0 aromatic heterocycles. The van der Waals surface area contributed by atoms with Gasteiger partial charge in [0.15, 0.2) is 0 Å². The third-order valence-electron chi connectivity index (χ3n) is 4.65. The van der Waals surface area contributed by atoms with E-state index in [1.54, 1.807) is 0 Å². The van der Waals surface area contributed by atoms with Crippen molar-refractivity contribution in [3.63, 3.8) is 0 Å². The lowest BCUT2D eigenvalue weighted by molar-refractivity contribution is 0.0150. The molecule has 0 bridgehead atoms. The van der Waals surface area contributed by atoms with Crippen LogP contribution in [0.15, 0.2) is 0 Å². The second kappa shape index (κ2) is 6.72. The molecule has 2 saturated heterocycles. The first kappa shape index (κ1) is 13.3. The Balaban J connectivity index is 1.91. The van der Waals surface area contributed by atoms with Gasteiger partial charge in [0, 0.05) is 32.3 Å². The van der Waals surface area contributed by atoms with E-state index < -0.39 is 0 Å². The number of nitrogens with two attached hydrogens (primary N) is 1. The highest BCUT2D eigenvalue weighted by Crippen LogP contribution is 2.27. The van der Waals surface area contributed by atoms with E-state index in [0.717, 1.165) is 31.6 Å². The van der Waals surface area contributed by atoms with Crippen molar-refractivity contribution in [2.24, 2.45) is 17.6 Å². The molecule has 2 heterocycles. The molecule has 0 aromatic rings. The maximum Gasteiger partial charge on any atom is 0.0469 e. The molecular weight excluding hydrogens is 212 g/mol. The third kappa shape index (κ3) is 3.43. The fourth-order valence-electron chi connectivity index (χ4n) is 3.47. The van der Waals surface area contributed by atoms with Gasteiger partial charge < -0.3 is 10.5 Å². The van der Waals surface area contributed by atoms with Gasteiger partial charge in [-0.3, -0.25) is 4.90 Å². The summed E-state index contributed by atoms with van der Waals surface area (Å²) in [6.07, 6.45) is 6.50. The summed E-state index contributed by atoms with van der Waals surface area (Å²) < 4.78 is 5.46. The second-order valence-electron chi connectivity index (χ2n) is 5.66. The van der Waals surface area contributed by atoms with Crippen molar-refractivity contribution in [2.75, 3.05) is 32.8 Å². The van der Waals surface area contributed by atoms with Crippen LogP contribution in [0.5, 0.6) is 0 Å². The molecule has 0 aliphatic carbocycles. The van der Waals surface area contributed by atoms with Crippen molar-refractivity contribution in [3.8, 4) is 0 Å². The van der Waals surface area contributed by atoms with Gasteiger partial charge in [0.2, 0.25) is 0 Å². The highest BCUT2D eigenvalue weighted by atomic mass is 16.5. The number of nitrogens with zero attached hydrogens (tertiary/aromatic N) is 1. The Bertz CT molecular complexity index is 216. The van der Waals surface area contributed by atoms with E-state index in [9.17, 15) is 0 Å². The molecule has 0 saturated carbocycles. The monoisotopic (exact) mass is 240 g/mol. The minimum Gasteiger partial charge on any atom is -0.381 e. The van der Waals surface area contributed by atoms with Gasteiger partial charge in [0.1, 0.15) is 0 Å². The largest absolute Gasteiger partial charge is 0.381 e. The van der Waals surface area contributed by atoms with Crippen molar-refractivity contribution in [3.05, 3.63) is 0 Å². The second-order valence-corrected chi connectivity index (χ2v) is 5.66. The first-order valence-corrected chi connectivity index (χ1v) is 7.37. The van der Waals surface area contributed by atoms with Crippen LogP contribution in [0.3, 0.4) is 0 Å². The zero-order valence-electron chi connectivity index (χ0n) is 11.2. The van der Waals surface area contributed by atoms with Crippen LogP contribution in [0, 0.1) is 11.8 Å². The van der Waals surface area contributed by atoms with Gasteiger partial charge in [-0.25, -0.2) is 0 Å². The molecule has 2 fully saturated rings. The summed E-state index contributed by atoms with van der Waals surface area (Å²) in [7, 11) is 0. The molecule has 2 atom stereocenters. The normalized spacial score (nSPS) is 30.4. The standard InChI is InChI=1S/C14H28N2O/c1-2-12-4-3-7-16(11-12)14(10-15)13-5-8-17-9-6-13/h12-14H,2-11,15H2,1H3. The fraction of sp³-hybridized carbons (Fsp3) is 1.00. The van der Waals surface area contributed by atoms with Gasteiger partial charge in [-0.05, 0) is 44.1 Å². The zero-order chi connectivity index (χ0) is 12.1. The Labute approximate surface area is 106 Å². The zero-order valence-corrected chi connectivity index (χ0v) is 11.2. The lowest BCUT2D eigenvalue weighted by Crippen LogP contribution is -2.50. The fourth-order valence-corrected chi connectivity index (χ4v) is 3.47. The van der Waals surface area contributed by atoms with Gasteiger partial charge in [-0.15, -0.1) is 0 Å². The quantitative estimate of drug-likeness (QED) is 0.815. The molecule has 2 unspecified atom stereocenters. The summed E-state index contributed by atoms with van der Waals surface area (Å²) in [5.74, 6) is 1.67. The van der Waals surface area contributed by atoms with Crippen molar-refractivity contribution in [1.29, 1.82) is 0 Å². The SMILES string of the molecule is CCC1CCCN(C(CN)C2CCOCC2)C1. The van der Waals surface area contributed by atoms with Crippen LogP contribution in [0.2, 0.25) is 0 Å². The van der Waals surface area contributed by atoms with Crippen LogP contribution in [0.1, 0.15) is 39.0 Å². The van der Waals surface area contributed by atoms with Crippen LogP contribution in [0.25, 0.3) is 0 Å². The lowest BCUT2D eigenvalue weighted by Gasteiger charge is -2.42. The van der Waals surface area contributed by atoms with E-state index in [2.05, 4.69) is 11.8 Å². The summed E-state index contributed by atoms with van der Waals surface area (Å²) in [5.41, 5.74) is 6.04. The summed E-state index contributed by atoms with van der Waals surface area (Å²) in [6.45, 7) is 7.55. The molecule has 0 spiro atoms. The number of hydrogen-bond donors (Lipinski definition) is 1. The van der Waals surface area contributed by atoms with Gasteiger partial charge in [-0.1, -0.05) is 13.3 Å². The van der Waals surface area contributed by atoms with E-state index in [-0.39, 0.29) is 0 Å². The number of ether oxygens (including phenoxy) is 1. The minimum atomic E-state index is 0.605. The Morgan fingerprint density at radius 3 is 2.71 bits per heavy atom. The van der Waals surface area contributed by atoms with Crippen LogP contribution >= 0.6 is 0 Å². The molecule has 2 rings (SSSR count).